The van der Waals surface area contributed by atoms with Crippen molar-refractivity contribution in [2.24, 2.45) is 11.7 Å². The van der Waals surface area contributed by atoms with Crippen LogP contribution < -0.4 is 15.8 Å². The van der Waals surface area contributed by atoms with Gasteiger partial charge in [0.25, 0.3) is 0 Å². The molecule has 1 atom stereocenters. The second-order valence-corrected chi connectivity index (χ2v) is 5.17. The molecule has 0 bridgehead atoms. The molecule has 0 spiro atoms. The summed E-state index contributed by atoms with van der Waals surface area (Å²) >= 11 is 0. The summed E-state index contributed by atoms with van der Waals surface area (Å²) in [4.78, 5) is 10.5. The van der Waals surface area contributed by atoms with Crippen LogP contribution in [0.4, 0.5) is 11.4 Å². The first-order valence-corrected chi connectivity index (χ1v) is 7.02. The summed E-state index contributed by atoms with van der Waals surface area (Å²) in [7, 11) is 0. The molecular formula is C14H21N3O3. The number of nitrogens with one attached hydrogen (secondary N) is 1. The van der Waals surface area contributed by atoms with Crippen molar-refractivity contribution in [2.45, 2.75) is 32.2 Å². The van der Waals surface area contributed by atoms with Gasteiger partial charge < -0.3 is 15.8 Å². The Morgan fingerprint density at radius 1 is 1.55 bits per heavy atom. The maximum atomic E-state index is 10.9. The lowest BCUT2D eigenvalue weighted by Crippen LogP contribution is -2.31. The number of nitrogens with zero attached hydrogens (tertiary/aromatic N) is 1. The molecule has 2 rings (SSSR count). The highest BCUT2D eigenvalue weighted by Crippen LogP contribution is 2.33. The number of nitro benzene ring substituents is 1. The topological polar surface area (TPSA) is 90.4 Å². The largest absolute Gasteiger partial charge is 0.487 e. The minimum atomic E-state index is -0.426. The molecule has 20 heavy (non-hydrogen) atoms. The molecule has 1 aromatic rings. The highest BCUT2D eigenvalue weighted by Gasteiger charge is 2.28. The molecule has 0 amide bonds. The summed E-state index contributed by atoms with van der Waals surface area (Å²) in [5.74, 6) is 0.929. The monoisotopic (exact) mass is 279 g/mol. The second-order valence-electron chi connectivity index (χ2n) is 5.17. The van der Waals surface area contributed by atoms with E-state index in [1.54, 1.807) is 12.1 Å². The van der Waals surface area contributed by atoms with Crippen molar-refractivity contribution < 1.29 is 9.66 Å². The smallest absolute Gasteiger partial charge is 0.311 e. The second kappa shape index (κ2) is 6.56. The van der Waals surface area contributed by atoms with Crippen LogP contribution in [0.25, 0.3) is 0 Å². The van der Waals surface area contributed by atoms with Gasteiger partial charge in [-0.3, -0.25) is 10.1 Å². The zero-order valence-corrected chi connectivity index (χ0v) is 11.7. The Labute approximate surface area is 118 Å². The minimum absolute atomic E-state index is 0.00417. The fourth-order valence-electron chi connectivity index (χ4n) is 2.03. The van der Waals surface area contributed by atoms with Gasteiger partial charge in [-0.1, -0.05) is 6.92 Å². The molecule has 6 heteroatoms. The quantitative estimate of drug-likeness (QED) is 0.563. The van der Waals surface area contributed by atoms with Crippen molar-refractivity contribution in [3.05, 3.63) is 28.3 Å². The van der Waals surface area contributed by atoms with E-state index in [1.807, 2.05) is 6.92 Å². The van der Waals surface area contributed by atoms with Crippen molar-refractivity contribution in [1.29, 1.82) is 0 Å². The average Bonchev–Trinajstić information content (AvgIpc) is 3.26. The van der Waals surface area contributed by atoms with E-state index < -0.39 is 4.92 Å². The first kappa shape index (κ1) is 14.6. The normalized spacial score (nSPS) is 15.7. The Hall–Kier alpha value is -1.82. The Morgan fingerprint density at radius 3 is 2.90 bits per heavy atom. The number of hydrogen-bond acceptors (Lipinski definition) is 5. The van der Waals surface area contributed by atoms with Gasteiger partial charge >= 0.3 is 5.69 Å². The highest BCUT2D eigenvalue weighted by molar-refractivity contribution is 5.58. The lowest BCUT2D eigenvalue weighted by atomic mass is 10.2. The molecule has 1 aliphatic rings. The van der Waals surface area contributed by atoms with Gasteiger partial charge in [-0.2, -0.15) is 0 Å². The lowest BCUT2D eigenvalue weighted by molar-refractivity contribution is -0.385. The van der Waals surface area contributed by atoms with E-state index >= 15 is 0 Å². The van der Waals surface area contributed by atoms with Gasteiger partial charge in [0.05, 0.1) is 11.5 Å². The predicted octanol–water partition coefficient (Wildman–Crippen LogP) is 2.53. The molecule has 1 unspecified atom stereocenters. The van der Waals surface area contributed by atoms with Gasteiger partial charge in [0, 0.05) is 30.4 Å². The van der Waals surface area contributed by atoms with Crippen LogP contribution in [0.1, 0.15) is 26.2 Å². The SMILES string of the molecule is CCCOc1cc(NCC(N)C2CC2)ccc1[N+](=O)[O-]. The average molecular weight is 279 g/mol. The number of nitro groups is 1. The first-order valence-electron chi connectivity index (χ1n) is 7.02. The Kier molecular flexibility index (Phi) is 4.79. The van der Waals surface area contributed by atoms with Crippen LogP contribution in [0.3, 0.4) is 0 Å². The number of rotatable bonds is 8. The molecule has 1 aromatic carbocycles. The van der Waals surface area contributed by atoms with Crippen molar-refractivity contribution >= 4 is 11.4 Å². The summed E-state index contributed by atoms with van der Waals surface area (Å²) in [6.45, 7) is 3.10. The van der Waals surface area contributed by atoms with E-state index in [-0.39, 0.29) is 11.7 Å². The Bertz CT molecular complexity index is 475. The lowest BCUT2D eigenvalue weighted by Gasteiger charge is -2.13. The molecule has 0 radical (unpaired) electrons. The van der Waals surface area contributed by atoms with Gasteiger partial charge in [-0.15, -0.1) is 0 Å². The molecular weight excluding hydrogens is 258 g/mol. The molecule has 0 aromatic heterocycles. The van der Waals surface area contributed by atoms with Crippen LogP contribution in [0.5, 0.6) is 5.75 Å². The van der Waals surface area contributed by atoms with E-state index in [2.05, 4.69) is 5.32 Å². The molecule has 1 fully saturated rings. The van der Waals surface area contributed by atoms with Crippen LogP contribution in [-0.4, -0.2) is 24.1 Å². The van der Waals surface area contributed by atoms with Crippen molar-refractivity contribution in [3.63, 3.8) is 0 Å². The fraction of sp³-hybridized carbons (Fsp3) is 0.571. The van der Waals surface area contributed by atoms with Gasteiger partial charge in [0.2, 0.25) is 0 Å². The van der Waals surface area contributed by atoms with Crippen LogP contribution in [-0.2, 0) is 0 Å². The highest BCUT2D eigenvalue weighted by atomic mass is 16.6. The van der Waals surface area contributed by atoms with Crippen molar-refractivity contribution in [1.82, 2.24) is 0 Å². The van der Waals surface area contributed by atoms with Crippen molar-refractivity contribution in [2.75, 3.05) is 18.5 Å². The number of anilines is 1. The summed E-state index contributed by atoms with van der Waals surface area (Å²) < 4.78 is 5.44. The van der Waals surface area contributed by atoms with E-state index in [1.165, 1.54) is 18.9 Å². The number of hydrogen-bond donors (Lipinski definition) is 2. The number of nitrogens with two attached hydrogens (primary N) is 1. The summed E-state index contributed by atoms with van der Waals surface area (Å²) in [6, 6.07) is 4.98. The van der Waals surface area contributed by atoms with E-state index in [4.69, 9.17) is 10.5 Å². The third kappa shape index (κ3) is 3.84. The first-order chi connectivity index (χ1) is 9.61. The number of ether oxygens (including phenoxy) is 1. The fourth-order valence-corrected chi connectivity index (χ4v) is 2.03. The van der Waals surface area contributed by atoms with E-state index in [0.717, 1.165) is 12.1 Å². The third-order valence-electron chi connectivity index (χ3n) is 3.39. The molecule has 0 aliphatic heterocycles. The van der Waals surface area contributed by atoms with Crippen LogP contribution in [0.2, 0.25) is 0 Å². The van der Waals surface area contributed by atoms with E-state index in [9.17, 15) is 10.1 Å². The molecule has 3 N–H and O–H groups in total. The summed E-state index contributed by atoms with van der Waals surface area (Å²) in [5.41, 5.74) is 6.82. The maximum Gasteiger partial charge on any atom is 0.311 e. The molecule has 0 saturated heterocycles. The molecule has 110 valence electrons. The van der Waals surface area contributed by atoms with Gasteiger partial charge in [0.1, 0.15) is 0 Å². The molecule has 0 heterocycles. The van der Waals surface area contributed by atoms with Crippen LogP contribution >= 0.6 is 0 Å². The van der Waals surface area contributed by atoms with Gasteiger partial charge in [-0.05, 0) is 31.2 Å². The van der Waals surface area contributed by atoms with Crippen LogP contribution in [0.15, 0.2) is 18.2 Å². The Morgan fingerprint density at radius 2 is 2.30 bits per heavy atom. The zero-order chi connectivity index (χ0) is 14.5. The maximum absolute atomic E-state index is 10.9. The predicted molar refractivity (Wildman–Crippen MR) is 78.1 cm³/mol. The van der Waals surface area contributed by atoms with Crippen molar-refractivity contribution in [3.8, 4) is 5.75 Å². The molecule has 6 nitrogen and oxygen atoms in total. The van der Waals surface area contributed by atoms with Crippen LogP contribution in [0, 0.1) is 16.0 Å². The summed E-state index contributed by atoms with van der Waals surface area (Å²) in [5, 5.41) is 14.2. The number of benzene rings is 1. The van der Waals surface area contributed by atoms with Gasteiger partial charge in [0.15, 0.2) is 5.75 Å². The Balaban J connectivity index is 2.03. The standard InChI is InChI=1S/C14H21N3O3/c1-2-7-20-14-8-11(5-6-13(14)17(18)19)16-9-12(15)10-3-4-10/h5-6,8,10,12,16H,2-4,7,9,15H2,1H3. The minimum Gasteiger partial charge on any atom is -0.487 e. The zero-order valence-electron chi connectivity index (χ0n) is 11.7. The van der Waals surface area contributed by atoms with Gasteiger partial charge in [-0.25, -0.2) is 0 Å². The molecule has 1 saturated carbocycles. The third-order valence-corrected chi connectivity index (χ3v) is 3.39. The summed E-state index contributed by atoms with van der Waals surface area (Å²) in [6.07, 6.45) is 3.21. The van der Waals surface area contributed by atoms with E-state index in [0.29, 0.717) is 24.8 Å². The molecule has 1 aliphatic carbocycles.